The third kappa shape index (κ3) is 4.96. The van der Waals surface area contributed by atoms with Crippen molar-refractivity contribution in [2.75, 3.05) is 43.6 Å². The zero-order valence-corrected chi connectivity index (χ0v) is 22.6. The quantitative estimate of drug-likeness (QED) is 0.533. The van der Waals surface area contributed by atoms with Gasteiger partial charge < -0.3 is 14.5 Å². The standard InChI is InChI=1S/C25H30BrN3O5S/c1-4-23(30)29-13-11-17-14-19(26)15-22(24(17)29)35(32,33)28-12-5-6-18(16-28)25(31)27(2)20-7-9-21(34-3)10-8-20/h7-10,14-15,18H,4-6,11-13,16H2,1-3H3. The summed E-state index contributed by atoms with van der Waals surface area (Å²) in [6.07, 6.45) is 2.10. The Hall–Kier alpha value is -2.43. The first-order valence-corrected chi connectivity index (χ1v) is 13.9. The first-order chi connectivity index (χ1) is 16.7. The summed E-state index contributed by atoms with van der Waals surface area (Å²) in [5, 5.41) is 0. The van der Waals surface area contributed by atoms with Crippen LogP contribution in [-0.2, 0) is 26.0 Å². The molecule has 35 heavy (non-hydrogen) atoms. The van der Waals surface area contributed by atoms with Crippen LogP contribution in [0.2, 0.25) is 0 Å². The molecule has 2 heterocycles. The van der Waals surface area contributed by atoms with Crippen molar-refractivity contribution in [2.45, 2.75) is 37.5 Å². The Bertz CT molecular complexity index is 1230. The van der Waals surface area contributed by atoms with Crippen LogP contribution in [0.3, 0.4) is 0 Å². The number of anilines is 2. The van der Waals surface area contributed by atoms with Crippen molar-refractivity contribution in [3.63, 3.8) is 0 Å². The van der Waals surface area contributed by atoms with Crippen molar-refractivity contribution >= 4 is 49.1 Å². The van der Waals surface area contributed by atoms with Gasteiger partial charge in [0.2, 0.25) is 21.8 Å². The molecule has 188 valence electrons. The lowest BCUT2D eigenvalue weighted by molar-refractivity contribution is -0.123. The third-order valence-corrected chi connectivity index (χ3v) is 9.07. The van der Waals surface area contributed by atoms with Crippen LogP contribution < -0.4 is 14.5 Å². The molecule has 0 N–H and O–H groups in total. The van der Waals surface area contributed by atoms with Crippen molar-refractivity contribution in [2.24, 2.45) is 5.92 Å². The molecule has 1 atom stereocenters. The summed E-state index contributed by atoms with van der Waals surface area (Å²) in [5.41, 5.74) is 2.03. The van der Waals surface area contributed by atoms with Crippen LogP contribution in [0.25, 0.3) is 0 Å². The molecule has 0 saturated carbocycles. The van der Waals surface area contributed by atoms with E-state index in [2.05, 4.69) is 15.9 Å². The van der Waals surface area contributed by atoms with Gasteiger partial charge in [-0.1, -0.05) is 22.9 Å². The van der Waals surface area contributed by atoms with Crippen LogP contribution in [0.4, 0.5) is 11.4 Å². The molecule has 1 unspecified atom stereocenters. The molecule has 10 heteroatoms. The Labute approximate surface area is 215 Å². The number of carbonyl (C=O) groups excluding carboxylic acids is 2. The second kappa shape index (κ2) is 10.3. The van der Waals surface area contributed by atoms with E-state index in [1.807, 2.05) is 6.07 Å². The molecular formula is C25H30BrN3O5S. The fourth-order valence-electron chi connectivity index (χ4n) is 4.81. The zero-order chi connectivity index (χ0) is 25.3. The SMILES string of the molecule is CCC(=O)N1CCc2cc(Br)cc(S(=O)(=O)N3CCCC(C(=O)N(C)c4ccc(OC)cc4)C3)c21. The highest BCUT2D eigenvalue weighted by atomic mass is 79.9. The number of fused-ring (bicyclic) bond motifs is 1. The van der Waals surface area contributed by atoms with E-state index in [-0.39, 0.29) is 23.3 Å². The Balaban J connectivity index is 1.60. The second-order valence-corrected chi connectivity index (χ2v) is 11.7. The topological polar surface area (TPSA) is 87.2 Å². The summed E-state index contributed by atoms with van der Waals surface area (Å²) in [4.78, 5) is 29.1. The van der Waals surface area contributed by atoms with Crippen LogP contribution in [0.5, 0.6) is 5.75 Å². The first kappa shape index (κ1) is 25.7. The molecule has 0 radical (unpaired) electrons. The van der Waals surface area contributed by atoms with Crippen LogP contribution in [0.1, 0.15) is 31.7 Å². The van der Waals surface area contributed by atoms with Gasteiger partial charge in [-0.25, -0.2) is 8.42 Å². The number of benzene rings is 2. The van der Waals surface area contributed by atoms with Crippen LogP contribution in [0.15, 0.2) is 45.8 Å². The van der Waals surface area contributed by atoms with Crippen molar-refractivity contribution in [3.05, 3.63) is 46.4 Å². The lowest BCUT2D eigenvalue weighted by atomic mass is 9.98. The second-order valence-electron chi connectivity index (χ2n) is 8.86. The molecule has 2 aromatic carbocycles. The van der Waals surface area contributed by atoms with Gasteiger partial charge in [0.05, 0.1) is 18.7 Å². The summed E-state index contributed by atoms with van der Waals surface area (Å²) in [6.45, 7) is 2.67. The van der Waals surface area contributed by atoms with Gasteiger partial charge in [0.25, 0.3) is 0 Å². The maximum Gasteiger partial charge on any atom is 0.245 e. The molecule has 0 bridgehead atoms. The molecular weight excluding hydrogens is 534 g/mol. The average Bonchev–Trinajstić information content (AvgIpc) is 3.30. The van der Waals surface area contributed by atoms with Crippen LogP contribution in [0, 0.1) is 5.92 Å². The van der Waals surface area contributed by atoms with Gasteiger partial charge in [-0.3, -0.25) is 9.59 Å². The molecule has 0 aliphatic carbocycles. The van der Waals surface area contributed by atoms with Crippen LogP contribution in [-0.4, -0.2) is 58.3 Å². The minimum atomic E-state index is -3.93. The number of sulfonamides is 1. The fraction of sp³-hybridized carbons (Fsp3) is 0.440. The number of piperidine rings is 1. The monoisotopic (exact) mass is 563 g/mol. The number of methoxy groups -OCH3 is 1. The highest BCUT2D eigenvalue weighted by molar-refractivity contribution is 9.10. The van der Waals surface area contributed by atoms with E-state index >= 15 is 0 Å². The predicted octanol–water partition coefficient (Wildman–Crippen LogP) is 3.82. The normalized spacial score (nSPS) is 18.3. The highest BCUT2D eigenvalue weighted by Crippen LogP contribution is 2.40. The molecule has 1 fully saturated rings. The molecule has 2 amide bonds. The van der Waals surface area contributed by atoms with E-state index in [4.69, 9.17) is 4.74 Å². The van der Waals surface area contributed by atoms with E-state index < -0.39 is 15.9 Å². The lowest BCUT2D eigenvalue weighted by Crippen LogP contribution is -2.46. The minimum Gasteiger partial charge on any atom is -0.497 e. The summed E-state index contributed by atoms with van der Waals surface area (Å²) < 4.78 is 35.0. The molecule has 2 aromatic rings. The smallest absolute Gasteiger partial charge is 0.245 e. The Morgan fingerprint density at radius 3 is 2.54 bits per heavy atom. The van der Waals surface area contributed by atoms with E-state index in [9.17, 15) is 18.0 Å². The average molecular weight is 565 g/mol. The van der Waals surface area contributed by atoms with Crippen molar-refractivity contribution in [3.8, 4) is 5.75 Å². The summed E-state index contributed by atoms with van der Waals surface area (Å²) in [6, 6.07) is 10.6. The Morgan fingerprint density at radius 1 is 1.17 bits per heavy atom. The third-order valence-electron chi connectivity index (χ3n) is 6.74. The molecule has 8 nitrogen and oxygen atoms in total. The number of amides is 2. The van der Waals surface area contributed by atoms with E-state index in [0.29, 0.717) is 60.4 Å². The summed E-state index contributed by atoms with van der Waals surface area (Å²) >= 11 is 3.44. The van der Waals surface area contributed by atoms with Crippen LogP contribution >= 0.6 is 15.9 Å². The molecule has 2 aliphatic heterocycles. The fourth-order valence-corrected chi connectivity index (χ4v) is 7.26. The number of hydrogen-bond acceptors (Lipinski definition) is 5. The number of nitrogens with zero attached hydrogens (tertiary/aromatic N) is 3. The van der Waals surface area contributed by atoms with Gasteiger partial charge in [0.1, 0.15) is 10.6 Å². The van der Waals surface area contributed by atoms with Gasteiger partial charge in [-0.2, -0.15) is 4.31 Å². The number of rotatable bonds is 6. The largest absolute Gasteiger partial charge is 0.497 e. The zero-order valence-electron chi connectivity index (χ0n) is 20.2. The molecule has 2 aliphatic rings. The molecule has 0 aromatic heterocycles. The van der Waals surface area contributed by atoms with Gasteiger partial charge in [-0.05, 0) is 61.2 Å². The molecule has 0 spiro atoms. The van der Waals surface area contributed by atoms with Crippen molar-refractivity contribution in [1.82, 2.24) is 4.31 Å². The maximum atomic E-state index is 13.9. The first-order valence-electron chi connectivity index (χ1n) is 11.7. The minimum absolute atomic E-state index is 0.102. The lowest BCUT2D eigenvalue weighted by Gasteiger charge is -2.34. The van der Waals surface area contributed by atoms with E-state index in [1.54, 1.807) is 61.2 Å². The Kier molecular flexibility index (Phi) is 7.54. The summed E-state index contributed by atoms with van der Waals surface area (Å²) in [5.74, 6) is 0.00792. The maximum absolute atomic E-state index is 13.9. The molecule has 4 rings (SSSR count). The van der Waals surface area contributed by atoms with Gasteiger partial charge in [0.15, 0.2) is 0 Å². The predicted molar refractivity (Wildman–Crippen MR) is 138 cm³/mol. The molecule has 1 saturated heterocycles. The summed E-state index contributed by atoms with van der Waals surface area (Å²) in [7, 11) is -0.644. The number of ether oxygens (including phenoxy) is 1. The van der Waals surface area contributed by atoms with Crippen molar-refractivity contribution < 1.29 is 22.7 Å². The number of carbonyl (C=O) groups is 2. The van der Waals surface area contributed by atoms with E-state index in [0.717, 1.165) is 5.56 Å². The highest BCUT2D eigenvalue weighted by Gasteiger charge is 2.39. The Morgan fingerprint density at radius 2 is 1.89 bits per heavy atom. The van der Waals surface area contributed by atoms with Gasteiger partial charge >= 0.3 is 0 Å². The number of halogens is 1. The van der Waals surface area contributed by atoms with Gasteiger partial charge in [0, 0.05) is 43.3 Å². The number of hydrogen-bond donors (Lipinski definition) is 0. The van der Waals surface area contributed by atoms with E-state index in [1.165, 1.54) is 4.31 Å². The van der Waals surface area contributed by atoms with Crippen molar-refractivity contribution in [1.29, 1.82) is 0 Å². The van der Waals surface area contributed by atoms with Gasteiger partial charge in [-0.15, -0.1) is 0 Å².